The van der Waals surface area contributed by atoms with Gasteiger partial charge in [-0.2, -0.15) is 0 Å². The molecule has 2 unspecified atom stereocenters. The van der Waals surface area contributed by atoms with Crippen molar-refractivity contribution in [3.63, 3.8) is 0 Å². The molecule has 0 saturated carbocycles. The summed E-state index contributed by atoms with van der Waals surface area (Å²) >= 11 is 5.92. The fraction of sp³-hybridized carbons (Fsp3) is 0.316. The van der Waals surface area contributed by atoms with Crippen LogP contribution in [-0.4, -0.2) is 35.1 Å². The van der Waals surface area contributed by atoms with Crippen molar-refractivity contribution in [1.82, 2.24) is 4.98 Å². The molecule has 7 heteroatoms. The molecule has 1 aliphatic heterocycles. The number of hydrogen-bond donors (Lipinski definition) is 2. The van der Waals surface area contributed by atoms with Crippen LogP contribution in [0.1, 0.15) is 23.7 Å². The van der Waals surface area contributed by atoms with E-state index in [4.69, 9.17) is 11.6 Å². The van der Waals surface area contributed by atoms with Gasteiger partial charge in [-0.25, -0.2) is 4.98 Å². The highest BCUT2D eigenvalue weighted by Gasteiger charge is 2.30. The summed E-state index contributed by atoms with van der Waals surface area (Å²) in [5, 5.41) is 12.6. The van der Waals surface area contributed by atoms with Gasteiger partial charge in [0.25, 0.3) is 5.91 Å². The summed E-state index contributed by atoms with van der Waals surface area (Å²) in [6.07, 6.45) is 2.18. The predicted octanol–water partition coefficient (Wildman–Crippen LogP) is 3.53. The Kier molecular flexibility index (Phi) is 5.42. The summed E-state index contributed by atoms with van der Waals surface area (Å²) in [5.74, 6) is -0.494. The van der Waals surface area contributed by atoms with Crippen LogP contribution in [0.2, 0.25) is 5.02 Å². The van der Waals surface area contributed by atoms with Crippen molar-refractivity contribution < 1.29 is 14.7 Å². The van der Waals surface area contributed by atoms with E-state index in [2.05, 4.69) is 10.3 Å². The van der Waals surface area contributed by atoms with Crippen LogP contribution in [0.3, 0.4) is 0 Å². The number of hydrogen-bond acceptors (Lipinski definition) is 4. The number of carboxylic acid groups (broad SMARTS) is 1. The molecule has 1 aromatic carbocycles. The number of carbonyl (C=O) groups excluding carboxylic acids is 1. The number of carbonyl (C=O) groups is 2. The SMILES string of the molecule is CC1CC(C(=O)O)CN(c2ccc(C(=O)Nc3cccc(Cl)c3)cn2)C1. The number of carboxylic acids is 1. The first kappa shape index (κ1) is 18.2. The minimum Gasteiger partial charge on any atom is -0.481 e. The second-order valence-corrected chi connectivity index (χ2v) is 7.09. The third-order valence-electron chi connectivity index (χ3n) is 4.43. The van der Waals surface area contributed by atoms with Crippen LogP contribution >= 0.6 is 11.6 Å². The Labute approximate surface area is 156 Å². The average Bonchev–Trinajstić information content (AvgIpc) is 2.61. The monoisotopic (exact) mass is 373 g/mol. The summed E-state index contributed by atoms with van der Waals surface area (Å²) in [5.41, 5.74) is 1.04. The van der Waals surface area contributed by atoms with Gasteiger partial charge >= 0.3 is 5.97 Å². The topological polar surface area (TPSA) is 82.5 Å². The van der Waals surface area contributed by atoms with E-state index in [1.807, 2.05) is 11.8 Å². The lowest BCUT2D eigenvalue weighted by molar-refractivity contribution is -0.142. The van der Waals surface area contributed by atoms with Crippen LogP contribution < -0.4 is 10.2 Å². The van der Waals surface area contributed by atoms with Crippen molar-refractivity contribution in [2.24, 2.45) is 11.8 Å². The number of aliphatic carboxylic acids is 1. The van der Waals surface area contributed by atoms with Crippen LogP contribution in [0.15, 0.2) is 42.6 Å². The molecule has 3 rings (SSSR count). The van der Waals surface area contributed by atoms with Gasteiger partial charge in [-0.15, -0.1) is 0 Å². The van der Waals surface area contributed by atoms with E-state index in [1.165, 1.54) is 6.20 Å². The summed E-state index contributed by atoms with van der Waals surface area (Å²) < 4.78 is 0. The molecule has 6 nitrogen and oxygen atoms in total. The number of benzene rings is 1. The molecule has 26 heavy (non-hydrogen) atoms. The Hall–Kier alpha value is -2.60. The molecule has 2 aromatic rings. The molecule has 2 N–H and O–H groups in total. The van der Waals surface area contributed by atoms with E-state index in [-0.39, 0.29) is 11.8 Å². The van der Waals surface area contributed by atoms with E-state index in [9.17, 15) is 14.7 Å². The first-order valence-electron chi connectivity index (χ1n) is 8.43. The second kappa shape index (κ2) is 7.74. The van der Waals surface area contributed by atoms with Crippen molar-refractivity contribution >= 4 is 35.0 Å². The number of aromatic nitrogens is 1. The van der Waals surface area contributed by atoms with Crippen LogP contribution in [0.5, 0.6) is 0 Å². The maximum absolute atomic E-state index is 12.3. The number of piperidine rings is 1. The summed E-state index contributed by atoms with van der Waals surface area (Å²) in [6.45, 7) is 3.22. The first-order valence-corrected chi connectivity index (χ1v) is 8.81. The lowest BCUT2D eigenvalue weighted by Gasteiger charge is -2.35. The second-order valence-electron chi connectivity index (χ2n) is 6.65. The molecule has 2 heterocycles. The van der Waals surface area contributed by atoms with Crippen molar-refractivity contribution in [2.75, 3.05) is 23.3 Å². The van der Waals surface area contributed by atoms with E-state index in [0.29, 0.717) is 35.1 Å². The number of amides is 1. The largest absolute Gasteiger partial charge is 0.481 e. The van der Waals surface area contributed by atoms with Crippen LogP contribution in [-0.2, 0) is 4.79 Å². The smallest absolute Gasteiger partial charge is 0.308 e. The van der Waals surface area contributed by atoms with Crippen LogP contribution in [0, 0.1) is 11.8 Å². The standard InChI is InChI=1S/C19H20ClN3O3/c1-12-7-14(19(25)26)11-23(10-12)17-6-5-13(9-21-17)18(24)22-16-4-2-3-15(20)8-16/h2-6,8-9,12,14H,7,10-11H2,1H3,(H,22,24)(H,25,26). The zero-order chi connectivity index (χ0) is 18.7. The van der Waals surface area contributed by atoms with Gasteiger partial charge < -0.3 is 15.3 Å². The minimum absolute atomic E-state index is 0.275. The number of pyridine rings is 1. The molecule has 0 radical (unpaired) electrons. The maximum Gasteiger partial charge on any atom is 0.308 e. The van der Waals surface area contributed by atoms with E-state index in [0.717, 1.165) is 6.54 Å². The maximum atomic E-state index is 12.3. The minimum atomic E-state index is -0.779. The van der Waals surface area contributed by atoms with E-state index in [1.54, 1.807) is 36.4 Å². The van der Waals surface area contributed by atoms with Gasteiger partial charge in [-0.05, 0) is 42.7 Å². The molecule has 0 spiro atoms. The Morgan fingerprint density at radius 2 is 2.08 bits per heavy atom. The fourth-order valence-corrected chi connectivity index (χ4v) is 3.38. The molecule has 136 valence electrons. The van der Waals surface area contributed by atoms with Crippen molar-refractivity contribution in [2.45, 2.75) is 13.3 Å². The van der Waals surface area contributed by atoms with Crippen LogP contribution in [0.4, 0.5) is 11.5 Å². The number of nitrogens with one attached hydrogen (secondary N) is 1. The number of nitrogens with zero attached hydrogens (tertiary/aromatic N) is 2. The summed E-state index contributed by atoms with van der Waals surface area (Å²) in [7, 11) is 0. The van der Waals surface area contributed by atoms with Gasteiger partial charge in [0.2, 0.25) is 0 Å². The molecule has 1 fully saturated rings. The van der Waals surface area contributed by atoms with E-state index < -0.39 is 11.9 Å². The van der Waals surface area contributed by atoms with Gasteiger partial charge in [0.15, 0.2) is 0 Å². The molecule has 2 atom stereocenters. The van der Waals surface area contributed by atoms with Gasteiger partial charge in [-0.1, -0.05) is 24.6 Å². The van der Waals surface area contributed by atoms with Crippen molar-refractivity contribution in [1.29, 1.82) is 0 Å². The van der Waals surface area contributed by atoms with Gasteiger partial charge in [0, 0.05) is 30.0 Å². The molecule has 0 aliphatic carbocycles. The fourth-order valence-electron chi connectivity index (χ4n) is 3.19. The van der Waals surface area contributed by atoms with Crippen molar-refractivity contribution in [3.05, 3.63) is 53.2 Å². The van der Waals surface area contributed by atoms with Gasteiger partial charge in [0.05, 0.1) is 11.5 Å². The summed E-state index contributed by atoms with van der Waals surface area (Å²) in [6, 6.07) is 10.4. The van der Waals surface area contributed by atoms with Gasteiger partial charge in [-0.3, -0.25) is 9.59 Å². The summed E-state index contributed by atoms with van der Waals surface area (Å²) in [4.78, 5) is 30.0. The zero-order valence-corrected chi connectivity index (χ0v) is 15.1. The molecular formula is C19H20ClN3O3. The lowest BCUT2D eigenvalue weighted by Crippen LogP contribution is -2.42. The number of anilines is 2. The van der Waals surface area contributed by atoms with E-state index >= 15 is 0 Å². The molecule has 1 aliphatic rings. The molecular weight excluding hydrogens is 354 g/mol. The third-order valence-corrected chi connectivity index (χ3v) is 4.66. The number of rotatable bonds is 4. The Balaban J connectivity index is 1.69. The Morgan fingerprint density at radius 1 is 1.27 bits per heavy atom. The quantitative estimate of drug-likeness (QED) is 0.856. The lowest BCUT2D eigenvalue weighted by atomic mass is 9.90. The Morgan fingerprint density at radius 3 is 2.73 bits per heavy atom. The van der Waals surface area contributed by atoms with Crippen LogP contribution in [0.25, 0.3) is 0 Å². The highest BCUT2D eigenvalue weighted by molar-refractivity contribution is 6.30. The normalized spacial score (nSPS) is 19.8. The predicted molar refractivity (Wildman–Crippen MR) is 101 cm³/mol. The average molecular weight is 374 g/mol. The highest BCUT2D eigenvalue weighted by atomic mass is 35.5. The molecule has 1 aromatic heterocycles. The third kappa shape index (κ3) is 4.32. The van der Waals surface area contributed by atoms with Crippen molar-refractivity contribution in [3.8, 4) is 0 Å². The first-order chi connectivity index (χ1) is 12.4. The molecule has 0 bridgehead atoms. The van der Waals surface area contributed by atoms with Gasteiger partial charge in [0.1, 0.15) is 5.82 Å². The molecule has 1 amide bonds. The highest BCUT2D eigenvalue weighted by Crippen LogP contribution is 2.25. The number of halogens is 1. The Bertz CT molecular complexity index is 810. The zero-order valence-electron chi connectivity index (χ0n) is 14.4. The molecule has 1 saturated heterocycles.